The van der Waals surface area contributed by atoms with Crippen LogP contribution in [0.3, 0.4) is 0 Å². The smallest absolute Gasteiger partial charge is 0.264 e. The quantitative estimate of drug-likeness (QED) is 0.584. The summed E-state index contributed by atoms with van der Waals surface area (Å²) in [7, 11) is 0. The number of nitrogens with zero attached hydrogens (tertiary/aromatic N) is 4. The lowest BCUT2D eigenvalue weighted by Gasteiger charge is -2.08. The molecule has 4 rings (SSSR count). The Morgan fingerprint density at radius 2 is 1.75 bits per heavy atom. The Balaban J connectivity index is 1.80. The van der Waals surface area contributed by atoms with E-state index >= 15 is 0 Å². The van der Waals surface area contributed by atoms with Crippen LogP contribution in [-0.2, 0) is 6.54 Å². The highest BCUT2D eigenvalue weighted by Gasteiger charge is 2.11. The Hall–Kier alpha value is -3.21. The van der Waals surface area contributed by atoms with E-state index in [1.165, 1.54) is 0 Å². The van der Waals surface area contributed by atoms with E-state index in [-0.39, 0.29) is 5.56 Å². The van der Waals surface area contributed by atoms with Gasteiger partial charge in [0.15, 0.2) is 5.65 Å². The lowest BCUT2D eigenvalue weighted by molar-refractivity contribution is 0.742. The molecule has 4 aromatic rings. The SMILES string of the molecule is Cc1ccccc1Cn1cnc2c(cnn2-c2ccccc2)c1=O. The van der Waals surface area contributed by atoms with E-state index in [1.54, 1.807) is 21.8 Å². The lowest BCUT2D eigenvalue weighted by Crippen LogP contribution is -2.21. The van der Waals surface area contributed by atoms with Crippen LogP contribution in [0.2, 0.25) is 0 Å². The van der Waals surface area contributed by atoms with Crippen molar-refractivity contribution in [3.8, 4) is 5.69 Å². The molecule has 5 nitrogen and oxygen atoms in total. The minimum absolute atomic E-state index is 0.0783. The second kappa shape index (κ2) is 5.77. The van der Waals surface area contributed by atoms with Gasteiger partial charge in [-0.2, -0.15) is 5.10 Å². The molecule has 2 aromatic carbocycles. The molecule has 0 saturated heterocycles. The number of hydrogen-bond acceptors (Lipinski definition) is 3. The van der Waals surface area contributed by atoms with Crippen LogP contribution < -0.4 is 5.56 Å². The second-order valence-electron chi connectivity index (χ2n) is 5.73. The van der Waals surface area contributed by atoms with Crippen molar-refractivity contribution in [2.24, 2.45) is 0 Å². The van der Waals surface area contributed by atoms with Crippen molar-refractivity contribution in [2.75, 3.05) is 0 Å². The van der Waals surface area contributed by atoms with Crippen LogP contribution in [0.1, 0.15) is 11.1 Å². The fourth-order valence-corrected chi connectivity index (χ4v) is 2.79. The van der Waals surface area contributed by atoms with E-state index in [9.17, 15) is 4.79 Å². The monoisotopic (exact) mass is 316 g/mol. The molecule has 2 aromatic heterocycles. The highest BCUT2D eigenvalue weighted by Crippen LogP contribution is 2.14. The minimum atomic E-state index is -0.0783. The van der Waals surface area contributed by atoms with Crippen molar-refractivity contribution in [1.82, 2.24) is 19.3 Å². The van der Waals surface area contributed by atoms with E-state index in [0.717, 1.165) is 16.8 Å². The topological polar surface area (TPSA) is 52.7 Å². The average molecular weight is 316 g/mol. The number of fused-ring (bicyclic) bond motifs is 1. The zero-order valence-corrected chi connectivity index (χ0v) is 13.3. The molecule has 5 heteroatoms. The molecule has 0 fully saturated rings. The third-order valence-corrected chi connectivity index (χ3v) is 4.16. The lowest BCUT2D eigenvalue weighted by atomic mass is 10.1. The maximum absolute atomic E-state index is 12.8. The van der Waals surface area contributed by atoms with Crippen molar-refractivity contribution >= 4 is 11.0 Å². The van der Waals surface area contributed by atoms with Gasteiger partial charge in [-0.3, -0.25) is 9.36 Å². The van der Waals surface area contributed by atoms with Gasteiger partial charge in [0.1, 0.15) is 11.7 Å². The van der Waals surface area contributed by atoms with Crippen molar-refractivity contribution in [3.63, 3.8) is 0 Å². The second-order valence-corrected chi connectivity index (χ2v) is 5.73. The fraction of sp³-hybridized carbons (Fsp3) is 0.105. The third-order valence-electron chi connectivity index (χ3n) is 4.16. The molecule has 0 amide bonds. The van der Waals surface area contributed by atoms with Crippen LogP contribution in [0.5, 0.6) is 0 Å². The van der Waals surface area contributed by atoms with Crippen LogP contribution in [0.4, 0.5) is 0 Å². The Bertz CT molecular complexity index is 1060. The molecule has 0 bridgehead atoms. The van der Waals surface area contributed by atoms with Gasteiger partial charge in [0.2, 0.25) is 0 Å². The van der Waals surface area contributed by atoms with Gasteiger partial charge in [-0.05, 0) is 30.2 Å². The molecule has 0 unspecified atom stereocenters. The normalized spacial score (nSPS) is 11.0. The van der Waals surface area contributed by atoms with E-state index in [1.807, 2.05) is 61.5 Å². The van der Waals surface area contributed by atoms with Crippen LogP contribution in [-0.4, -0.2) is 19.3 Å². The molecule has 0 N–H and O–H groups in total. The number of para-hydroxylation sites is 1. The molecular formula is C19H16N4O. The zero-order chi connectivity index (χ0) is 16.5. The highest BCUT2D eigenvalue weighted by molar-refractivity contribution is 5.74. The molecule has 0 saturated carbocycles. The van der Waals surface area contributed by atoms with Crippen molar-refractivity contribution in [1.29, 1.82) is 0 Å². The van der Waals surface area contributed by atoms with Gasteiger partial charge in [0.25, 0.3) is 5.56 Å². The van der Waals surface area contributed by atoms with E-state index in [4.69, 9.17) is 0 Å². The molecule has 24 heavy (non-hydrogen) atoms. The summed E-state index contributed by atoms with van der Waals surface area (Å²) >= 11 is 0. The number of aryl methyl sites for hydroxylation is 1. The fourth-order valence-electron chi connectivity index (χ4n) is 2.79. The summed E-state index contributed by atoms with van der Waals surface area (Å²) in [6.07, 6.45) is 3.18. The minimum Gasteiger partial charge on any atom is -0.294 e. The number of aromatic nitrogens is 4. The third kappa shape index (κ3) is 2.40. The molecule has 0 radical (unpaired) electrons. The van der Waals surface area contributed by atoms with E-state index < -0.39 is 0 Å². The van der Waals surface area contributed by atoms with Gasteiger partial charge >= 0.3 is 0 Å². The summed E-state index contributed by atoms with van der Waals surface area (Å²) in [5.41, 5.74) is 3.65. The van der Waals surface area contributed by atoms with Crippen LogP contribution >= 0.6 is 0 Å². The maximum Gasteiger partial charge on any atom is 0.264 e. The Morgan fingerprint density at radius 1 is 1.00 bits per heavy atom. The summed E-state index contributed by atoms with van der Waals surface area (Å²) in [4.78, 5) is 17.2. The predicted molar refractivity (Wildman–Crippen MR) is 93.4 cm³/mol. The van der Waals surface area contributed by atoms with Gasteiger partial charge in [-0.25, -0.2) is 9.67 Å². The summed E-state index contributed by atoms with van der Waals surface area (Å²) in [6, 6.07) is 17.7. The van der Waals surface area contributed by atoms with E-state index in [2.05, 4.69) is 10.1 Å². The van der Waals surface area contributed by atoms with Crippen molar-refractivity contribution in [2.45, 2.75) is 13.5 Å². The standard InChI is InChI=1S/C19H16N4O/c1-14-7-5-6-8-15(14)12-22-13-20-18-17(19(22)24)11-21-23(18)16-9-3-2-4-10-16/h2-11,13H,12H2,1H3. The molecule has 0 spiro atoms. The first-order chi connectivity index (χ1) is 11.7. The summed E-state index contributed by atoms with van der Waals surface area (Å²) in [5.74, 6) is 0. The summed E-state index contributed by atoms with van der Waals surface area (Å²) < 4.78 is 3.32. The summed E-state index contributed by atoms with van der Waals surface area (Å²) in [5, 5.41) is 4.86. The summed E-state index contributed by atoms with van der Waals surface area (Å²) in [6.45, 7) is 2.55. The average Bonchev–Trinajstić information content (AvgIpc) is 3.05. The maximum atomic E-state index is 12.8. The van der Waals surface area contributed by atoms with Crippen molar-refractivity contribution < 1.29 is 0 Å². The van der Waals surface area contributed by atoms with Crippen LogP contribution in [0, 0.1) is 6.92 Å². The van der Waals surface area contributed by atoms with Gasteiger partial charge in [0.05, 0.1) is 18.4 Å². The first-order valence-corrected chi connectivity index (χ1v) is 7.77. The van der Waals surface area contributed by atoms with Gasteiger partial charge in [-0.1, -0.05) is 42.5 Å². The number of benzene rings is 2. The van der Waals surface area contributed by atoms with Gasteiger partial charge < -0.3 is 0 Å². The van der Waals surface area contributed by atoms with Crippen LogP contribution in [0.25, 0.3) is 16.7 Å². The molecular weight excluding hydrogens is 300 g/mol. The van der Waals surface area contributed by atoms with E-state index in [0.29, 0.717) is 17.6 Å². The molecule has 0 atom stereocenters. The number of hydrogen-bond donors (Lipinski definition) is 0. The number of rotatable bonds is 3. The highest BCUT2D eigenvalue weighted by atomic mass is 16.1. The molecule has 0 aliphatic carbocycles. The van der Waals surface area contributed by atoms with Gasteiger partial charge in [-0.15, -0.1) is 0 Å². The molecule has 0 aliphatic heterocycles. The molecule has 0 aliphatic rings. The first kappa shape index (κ1) is 14.4. The van der Waals surface area contributed by atoms with Crippen LogP contribution in [0.15, 0.2) is 71.9 Å². The zero-order valence-electron chi connectivity index (χ0n) is 13.3. The van der Waals surface area contributed by atoms with Crippen molar-refractivity contribution in [3.05, 3.63) is 88.6 Å². The molecule has 118 valence electrons. The Kier molecular flexibility index (Phi) is 3.46. The van der Waals surface area contributed by atoms with Gasteiger partial charge in [0, 0.05) is 0 Å². The first-order valence-electron chi connectivity index (χ1n) is 7.77. The Morgan fingerprint density at radius 3 is 2.54 bits per heavy atom. The largest absolute Gasteiger partial charge is 0.294 e. The predicted octanol–water partition coefficient (Wildman–Crippen LogP) is 2.94. The molecule has 2 heterocycles. The Labute approximate surface area is 138 Å².